The summed E-state index contributed by atoms with van der Waals surface area (Å²) < 4.78 is 0. The zero-order chi connectivity index (χ0) is 25.9. The molecule has 0 fully saturated rings. The van der Waals surface area contributed by atoms with Crippen LogP contribution in [0.1, 0.15) is 53.6 Å². The minimum atomic E-state index is -0.570. The van der Waals surface area contributed by atoms with Gasteiger partial charge in [0.25, 0.3) is 5.91 Å². The van der Waals surface area contributed by atoms with Gasteiger partial charge in [0.2, 0.25) is 5.91 Å². The van der Waals surface area contributed by atoms with E-state index in [1.165, 1.54) is 17.3 Å². The lowest BCUT2D eigenvalue weighted by atomic mass is 9.97. The highest BCUT2D eigenvalue weighted by Gasteiger charge is 2.39. The summed E-state index contributed by atoms with van der Waals surface area (Å²) in [6.45, 7) is 6.12. The average Bonchev–Trinajstić information content (AvgIpc) is 3.51. The zero-order valence-electron chi connectivity index (χ0n) is 21.3. The third-order valence-electron chi connectivity index (χ3n) is 6.96. The van der Waals surface area contributed by atoms with E-state index in [4.69, 9.17) is 5.10 Å². The zero-order valence-corrected chi connectivity index (χ0v) is 22.1. The molecule has 2 aliphatic rings. The quantitative estimate of drug-likeness (QED) is 0.439. The van der Waals surface area contributed by atoms with Crippen molar-refractivity contribution >= 4 is 40.1 Å². The van der Waals surface area contributed by atoms with Gasteiger partial charge in [-0.25, -0.2) is 5.01 Å². The number of amides is 2. The summed E-state index contributed by atoms with van der Waals surface area (Å²) >= 11 is 1.32. The molecule has 0 saturated carbocycles. The summed E-state index contributed by atoms with van der Waals surface area (Å²) in [7, 11) is 0. The van der Waals surface area contributed by atoms with Gasteiger partial charge in [0.05, 0.1) is 11.8 Å². The number of hydrogen-bond acceptors (Lipinski definition) is 5. The van der Waals surface area contributed by atoms with Crippen molar-refractivity contribution in [3.63, 3.8) is 0 Å². The molecule has 2 amide bonds. The van der Waals surface area contributed by atoms with Crippen LogP contribution in [-0.2, 0) is 16.0 Å². The smallest absolute Gasteiger partial charge is 0.262 e. The van der Waals surface area contributed by atoms with Gasteiger partial charge in [-0.15, -0.1) is 0 Å². The van der Waals surface area contributed by atoms with Crippen molar-refractivity contribution in [2.45, 2.75) is 51.3 Å². The molecule has 5 rings (SSSR count). The number of nitrogens with one attached hydrogen (secondary N) is 1. The summed E-state index contributed by atoms with van der Waals surface area (Å²) in [4.78, 5) is 30.0. The Hall–Kier alpha value is -3.71. The summed E-state index contributed by atoms with van der Waals surface area (Å²) in [6.07, 6.45) is 1.74. The summed E-state index contributed by atoms with van der Waals surface area (Å²) in [6, 6.07) is 24.4. The van der Waals surface area contributed by atoms with E-state index in [-0.39, 0.29) is 24.3 Å². The first-order valence-corrected chi connectivity index (χ1v) is 13.5. The second kappa shape index (κ2) is 10.7. The summed E-state index contributed by atoms with van der Waals surface area (Å²) in [5.41, 5.74) is 7.31. The first kappa shape index (κ1) is 25.0. The number of thioether (sulfide) groups is 1. The molecule has 3 aromatic rings. The fourth-order valence-electron chi connectivity index (χ4n) is 4.59. The van der Waals surface area contributed by atoms with E-state index in [0.29, 0.717) is 11.6 Å². The van der Waals surface area contributed by atoms with Crippen molar-refractivity contribution in [1.29, 1.82) is 0 Å². The molecule has 6 nitrogen and oxygen atoms in total. The number of anilines is 1. The normalized spacial score (nSPS) is 19.1. The number of hydrazone groups is 1. The fraction of sp³-hybridized carbons (Fsp3) is 0.267. The number of nitrogens with zero attached hydrogens (tertiary/aromatic N) is 3. The SMILES string of the molecule is CCc1ccc([C@@H]2CC(c3ccccc3)=NN2C2=NC(=O)[C@@H](CC(=O)Nc3cccc(C)c3C)S2)cc1. The Kier molecular flexibility index (Phi) is 7.24. The Morgan fingerprint density at radius 3 is 2.51 bits per heavy atom. The minimum absolute atomic E-state index is 0.0584. The van der Waals surface area contributed by atoms with Crippen molar-refractivity contribution < 1.29 is 9.59 Å². The van der Waals surface area contributed by atoms with Crippen molar-refractivity contribution in [3.8, 4) is 0 Å². The van der Waals surface area contributed by atoms with Crippen molar-refractivity contribution in [2.75, 3.05) is 5.32 Å². The van der Waals surface area contributed by atoms with Gasteiger partial charge in [-0.2, -0.15) is 10.1 Å². The molecule has 1 N–H and O–H groups in total. The monoisotopic (exact) mass is 510 g/mol. The molecule has 2 aliphatic heterocycles. The van der Waals surface area contributed by atoms with Gasteiger partial charge in [0.15, 0.2) is 5.17 Å². The predicted octanol–water partition coefficient (Wildman–Crippen LogP) is 6.04. The molecule has 0 spiro atoms. The van der Waals surface area contributed by atoms with E-state index in [1.54, 1.807) is 0 Å². The third-order valence-corrected chi connectivity index (χ3v) is 8.11. The number of amidine groups is 1. The molecule has 37 heavy (non-hydrogen) atoms. The van der Waals surface area contributed by atoms with E-state index in [1.807, 2.05) is 55.3 Å². The van der Waals surface area contributed by atoms with Gasteiger partial charge in [-0.05, 0) is 54.2 Å². The minimum Gasteiger partial charge on any atom is -0.326 e. The molecule has 0 aromatic heterocycles. The predicted molar refractivity (Wildman–Crippen MR) is 151 cm³/mol. The second-order valence-corrected chi connectivity index (χ2v) is 10.6. The Balaban J connectivity index is 1.35. The van der Waals surface area contributed by atoms with Crippen LogP contribution in [0.2, 0.25) is 0 Å². The molecule has 3 aromatic carbocycles. The van der Waals surface area contributed by atoms with Gasteiger partial charge in [0, 0.05) is 18.5 Å². The standard InChI is InChI=1S/C30H30N4O2S/c1-4-21-13-15-23(16-14-21)26-17-25(22-10-6-5-7-11-22)33-34(26)30-32-29(36)27(37-30)18-28(35)31-24-12-8-9-19(2)20(24)3/h5-16,26-27H,4,17-18H2,1-3H3,(H,31,35)/t26-,27+/m0/s1. The van der Waals surface area contributed by atoms with Crippen LogP contribution >= 0.6 is 11.8 Å². The molecule has 0 radical (unpaired) electrons. The third kappa shape index (κ3) is 5.37. The van der Waals surface area contributed by atoms with Crippen molar-refractivity contribution in [1.82, 2.24) is 5.01 Å². The molecule has 2 heterocycles. The molecule has 0 aliphatic carbocycles. The van der Waals surface area contributed by atoms with Crippen LogP contribution in [0.5, 0.6) is 0 Å². The number of benzene rings is 3. The lowest BCUT2D eigenvalue weighted by Crippen LogP contribution is -2.25. The number of carbonyl (C=O) groups excluding carboxylic acids is 2. The second-order valence-electron chi connectivity index (χ2n) is 9.41. The van der Waals surface area contributed by atoms with Gasteiger partial charge in [0.1, 0.15) is 5.25 Å². The maximum atomic E-state index is 12.9. The highest BCUT2D eigenvalue weighted by atomic mass is 32.2. The lowest BCUT2D eigenvalue weighted by Gasteiger charge is -2.23. The van der Waals surface area contributed by atoms with Crippen LogP contribution in [0.4, 0.5) is 5.69 Å². The fourth-order valence-corrected chi connectivity index (χ4v) is 5.65. The van der Waals surface area contributed by atoms with Crippen molar-refractivity contribution in [2.24, 2.45) is 10.1 Å². The molecular weight excluding hydrogens is 480 g/mol. The van der Waals surface area contributed by atoms with Crippen LogP contribution in [0, 0.1) is 13.8 Å². The van der Waals surface area contributed by atoms with Crippen LogP contribution in [-0.4, -0.2) is 33.0 Å². The number of aliphatic imine (C=N–C) groups is 1. The highest BCUT2D eigenvalue weighted by Crippen LogP contribution is 2.38. The number of hydrogen-bond donors (Lipinski definition) is 1. The largest absolute Gasteiger partial charge is 0.326 e. The molecule has 0 saturated heterocycles. The Morgan fingerprint density at radius 1 is 1.03 bits per heavy atom. The first-order chi connectivity index (χ1) is 17.9. The van der Waals surface area contributed by atoms with E-state index < -0.39 is 5.25 Å². The van der Waals surface area contributed by atoms with E-state index in [9.17, 15) is 9.59 Å². The van der Waals surface area contributed by atoms with Crippen LogP contribution in [0.15, 0.2) is 82.9 Å². The van der Waals surface area contributed by atoms with E-state index in [0.717, 1.165) is 40.1 Å². The Bertz CT molecular complexity index is 1380. The maximum Gasteiger partial charge on any atom is 0.262 e. The van der Waals surface area contributed by atoms with Crippen LogP contribution in [0.3, 0.4) is 0 Å². The number of carbonyl (C=O) groups is 2. The molecule has 0 bridgehead atoms. The molecular formula is C30H30N4O2S. The summed E-state index contributed by atoms with van der Waals surface area (Å²) in [5.74, 6) is -0.489. The average molecular weight is 511 g/mol. The molecule has 0 unspecified atom stereocenters. The Morgan fingerprint density at radius 2 is 1.78 bits per heavy atom. The first-order valence-electron chi connectivity index (χ1n) is 12.6. The van der Waals surface area contributed by atoms with Gasteiger partial charge >= 0.3 is 0 Å². The van der Waals surface area contributed by atoms with Gasteiger partial charge in [-0.1, -0.05) is 85.4 Å². The van der Waals surface area contributed by atoms with Crippen LogP contribution in [0.25, 0.3) is 0 Å². The molecule has 2 atom stereocenters. The summed E-state index contributed by atoms with van der Waals surface area (Å²) in [5, 5.41) is 9.73. The van der Waals surface area contributed by atoms with Gasteiger partial charge in [-0.3, -0.25) is 9.59 Å². The number of rotatable bonds is 6. The Labute approximate surface area is 221 Å². The number of aryl methyl sites for hydroxylation is 2. The highest BCUT2D eigenvalue weighted by molar-refractivity contribution is 8.15. The molecule has 188 valence electrons. The van der Waals surface area contributed by atoms with Crippen LogP contribution < -0.4 is 5.32 Å². The molecule has 7 heteroatoms. The lowest BCUT2D eigenvalue weighted by molar-refractivity contribution is -0.121. The van der Waals surface area contributed by atoms with Gasteiger partial charge < -0.3 is 5.32 Å². The topological polar surface area (TPSA) is 74.1 Å². The van der Waals surface area contributed by atoms with E-state index >= 15 is 0 Å². The van der Waals surface area contributed by atoms with Crippen molar-refractivity contribution in [3.05, 3.63) is 101 Å². The van der Waals surface area contributed by atoms with E-state index in [2.05, 4.69) is 53.6 Å². The maximum absolute atomic E-state index is 12.9.